The van der Waals surface area contributed by atoms with E-state index in [1.54, 1.807) is 0 Å². The molecule has 0 unspecified atom stereocenters. The van der Waals surface area contributed by atoms with Crippen LogP contribution >= 0.6 is 0 Å². The first kappa shape index (κ1) is 8.71. The van der Waals surface area contributed by atoms with Gasteiger partial charge in [-0.05, 0) is 0 Å². The highest BCUT2D eigenvalue weighted by atomic mass is 19.3. The molecule has 0 spiro atoms. The van der Waals surface area contributed by atoms with Gasteiger partial charge in [-0.2, -0.15) is 8.78 Å². The van der Waals surface area contributed by atoms with Crippen molar-refractivity contribution in [3.8, 4) is 0 Å². The number of hydrogen-bond acceptors (Lipinski definition) is 2. The zero-order chi connectivity index (χ0) is 7.33. The van der Waals surface area contributed by atoms with E-state index in [0.717, 1.165) is 0 Å². The molecule has 2 nitrogen and oxygen atoms in total. The summed E-state index contributed by atoms with van der Waals surface area (Å²) in [5.74, 6) is 0. The minimum Gasteiger partial charge on any atom is -0.394 e. The van der Waals surface area contributed by atoms with Crippen molar-refractivity contribution >= 4 is 0 Å². The molecule has 0 radical (unpaired) electrons. The third kappa shape index (κ3) is 4.23. The van der Waals surface area contributed by atoms with Gasteiger partial charge >= 0.3 is 6.11 Å². The normalized spacial score (nSPS) is 12.0. The summed E-state index contributed by atoms with van der Waals surface area (Å²) in [6, 6.07) is 0. The van der Waals surface area contributed by atoms with Crippen LogP contribution in [0, 0.1) is 0 Å². The maximum Gasteiger partial charge on any atom is 0.384 e. The first-order valence-electron chi connectivity index (χ1n) is 2.31. The van der Waals surface area contributed by atoms with Gasteiger partial charge in [0.2, 0.25) is 0 Å². The number of aliphatic hydroxyl groups is 1. The average molecular weight is 144 g/mol. The van der Waals surface area contributed by atoms with Gasteiger partial charge in [0.05, 0.1) is 13.2 Å². The summed E-state index contributed by atoms with van der Waals surface area (Å²) >= 11 is 0. The van der Waals surface area contributed by atoms with Gasteiger partial charge in [0.15, 0.2) is 6.67 Å². The monoisotopic (exact) mass is 144 g/mol. The van der Waals surface area contributed by atoms with Crippen molar-refractivity contribution in [2.45, 2.75) is 6.11 Å². The minimum atomic E-state index is -3.73. The lowest BCUT2D eigenvalue weighted by Crippen LogP contribution is -2.24. The Kier molecular flexibility index (Phi) is 3.56. The SMILES string of the molecule is OCCOC(F)(F)CF. The van der Waals surface area contributed by atoms with Crippen LogP contribution in [-0.4, -0.2) is 31.1 Å². The molecule has 0 bridgehead atoms. The molecule has 0 rings (SSSR count). The molecule has 0 atom stereocenters. The van der Waals surface area contributed by atoms with Crippen LogP contribution < -0.4 is 0 Å². The standard InChI is InChI=1S/C4H7F3O2/c5-3-4(6,7)9-2-1-8/h8H,1-3H2. The third-order valence-electron chi connectivity index (χ3n) is 0.560. The Morgan fingerprint density at radius 1 is 1.44 bits per heavy atom. The van der Waals surface area contributed by atoms with Crippen LogP contribution in [0.2, 0.25) is 0 Å². The molecule has 0 aliphatic rings. The van der Waals surface area contributed by atoms with Crippen molar-refractivity contribution in [2.24, 2.45) is 0 Å². The highest BCUT2D eigenvalue weighted by molar-refractivity contribution is 4.46. The van der Waals surface area contributed by atoms with Gasteiger partial charge in [0.1, 0.15) is 0 Å². The molecule has 0 aliphatic heterocycles. The molecular formula is C4H7F3O2. The fourth-order valence-electron chi connectivity index (χ4n) is 0.234. The second kappa shape index (κ2) is 3.68. The maximum atomic E-state index is 11.6. The number of aliphatic hydroxyl groups excluding tert-OH is 1. The van der Waals surface area contributed by atoms with E-state index in [9.17, 15) is 13.2 Å². The Balaban J connectivity index is 3.33. The topological polar surface area (TPSA) is 29.5 Å². The minimum absolute atomic E-state index is 0.532. The van der Waals surface area contributed by atoms with Gasteiger partial charge in [-0.15, -0.1) is 0 Å². The molecule has 5 heteroatoms. The first-order valence-corrected chi connectivity index (χ1v) is 2.31. The largest absolute Gasteiger partial charge is 0.394 e. The Labute approximate surface area is 50.2 Å². The van der Waals surface area contributed by atoms with Gasteiger partial charge in [-0.25, -0.2) is 4.39 Å². The highest BCUT2D eigenvalue weighted by Gasteiger charge is 2.29. The van der Waals surface area contributed by atoms with E-state index in [1.165, 1.54) is 0 Å². The molecule has 1 N–H and O–H groups in total. The Morgan fingerprint density at radius 3 is 2.33 bits per heavy atom. The summed E-state index contributed by atoms with van der Waals surface area (Å²) in [4.78, 5) is 0. The van der Waals surface area contributed by atoms with Crippen LogP contribution in [0.25, 0.3) is 0 Å². The number of hydrogen-bond donors (Lipinski definition) is 1. The van der Waals surface area contributed by atoms with Gasteiger partial charge in [-0.3, -0.25) is 0 Å². The molecule has 0 heterocycles. The van der Waals surface area contributed by atoms with Crippen LogP contribution in [0.1, 0.15) is 0 Å². The average Bonchev–Trinajstić information content (AvgIpc) is 1.84. The van der Waals surface area contributed by atoms with E-state index >= 15 is 0 Å². The van der Waals surface area contributed by atoms with Crippen LogP contribution in [0.15, 0.2) is 0 Å². The second-order valence-electron chi connectivity index (χ2n) is 1.34. The summed E-state index contributed by atoms with van der Waals surface area (Å²) in [6.07, 6.45) is -3.73. The first-order chi connectivity index (χ1) is 4.12. The predicted octanol–water partition coefficient (Wildman–Crippen LogP) is 0.558. The molecule has 0 aromatic heterocycles. The molecule has 0 aliphatic carbocycles. The Morgan fingerprint density at radius 2 is 2.00 bits per heavy atom. The van der Waals surface area contributed by atoms with Crippen LogP contribution in [-0.2, 0) is 4.74 Å². The molecule has 0 fully saturated rings. The van der Waals surface area contributed by atoms with E-state index < -0.39 is 26.0 Å². The molecule has 0 saturated carbocycles. The predicted molar refractivity (Wildman–Crippen MR) is 24.0 cm³/mol. The molecule has 0 aromatic rings. The summed E-state index contributed by atoms with van der Waals surface area (Å²) in [7, 11) is 0. The zero-order valence-electron chi connectivity index (χ0n) is 4.61. The van der Waals surface area contributed by atoms with Gasteiger partial charge in [0.25, 0.3) is 0 Å². The second-order valence-corrected chi connectivity index (χ2v) is 1.34. The Hall–Kier alpha value is -0.290. The van der Waals surface area contributed by atoms with Crippen molar-refractivity contribution in [1.29, 1.82) is 0 Å². The third-order valence-corrected chi connectivity index (χ3v) is 0.560. The van der Waals surface area contributed by atoms with Crippen LogP contribution in [0.4, 0.5) is 13.2 Å². The molecule has 0 aromatic carbocycles. The van der Waals surface area contributed by atoms with E-state index in [1.807, 2.05) is 0 Å². The van der Waals surface area contributed by atoms with Crippen molar-refractivity contribution in [3.05, 3.63) is 0 Å². The van der Waals surface area contributed by atoms with Crippen molar-refractivity contribution < 1.29 is 23.0 Å². The van der Waals surface area contributed by atoms with Gasteiger partial charge < -0.3 is 9.84 Å². The number of ether oxygens (including phenoxy) is 1. The number of halogens is 3. The molecule has 9 heavy (non-hydrogen) atoms. The summed E-state index contributed by atoms with van der Waals surface area (Å²) < 4.78 is 38.0. The smallest absolute Gasteiger partial charge is 0.384 e. The maximum absolute atomic E-state index is 11.6. The van der Waals surface area contributed by atoms with Crippen molar-refractivity contribution in [1.82, 2.24) is 0 Å². The van der Waals surface area contributed by atoms with Crippen LogP contribution in [0.5, 0.6) is 0 Å². The number of rotatable bonds is 4. The van der Waals surface area contributed by atoms with Gasteiger partial charge in [-0.1, -0.05) is 0 Å². The Bertz CT molecular complexity index is 76.2. The zero-order valence-corrected chi connectivity index (χ0v) is 4.61. The summed E-state index contributed by atoms with van der Waals surface area (Å²) in [5, 5.41) is 7.94. The molecule has 0 saturated heterocycles. The quantitative estimate of drug-likeness (QED) is 0.624. The van der Waals surface area contributed by atoms with E-state index in [4.69, 9.17) is 5.11 Å². The molecule has 0 amide bonds. The molecule has 56 valence electrons. The lowest BCUT2D eigenvalue weighted by Gasteiger charge is -2.10. The fourth-order valence-corrected chi connectivity index (χ4v) is 0.234. The highest BCUT2D eigenvalue weighted by Crippen LogP contribution is 2.14. The van der Waals surface area contributed by atoms with Gasteiger partial charge in [0, 0.05) is 0 Å². The molecular weight excluding hydrogens is 137 g/mol. The fraction of sp³-hybridized carbons (Fsp3) is 1.00. The summed E-state index contributed by atoms with van der Waals surface area (Å²) in [6.45, 7) is -2.93. The van der Waals surface area contributed by atoms with E-state index in [-0.39, 0.29) is 0 Å². The number of alkyl halides is 3. The summed E-state index contributed by atoms with van der Waals surface area (Å²) in [5.41, 5.74) is 0. The van der Waals surface area contributed by atoms with E-state index in [2.05, 4.69) is 4.74 Å². The van der Waals surface area contributed by atoms with Crippen molar-refractivity contribution in [3.63, 3.8) is 0 Å². The van der Waals surface area contributed by atoms with Crippen LogP contribution in [0.3, 0.4) is 0 Å². The lowest BCUT2D eigenvalue weighted by molar-refractivity contribution is -0.248. The van der Waals surface area contributed by atoms with E-state index in [0.29, 0.717) is 0 Å². The van der Waals surface area contributed by atoms with Crippen molar-refractivity contribution in [2.75, 3.05) is 19.9 Å². The lowest BCUT2D eigenvalue weighted by atomic mass is 10.7.